The van der Waals surface area contributed by atoms with E-state index in [1.807, 2.05) is 13.8 Å². The topological polar surface area (TPSA) is 64.6 Å². The Hall–Kier alpha value is -1.26. The summed E-state index contributed by atoms with van der Waals surface area (Å²) in [5.74, 6) is -0.360. The number of nitrogens with one attached hydrogen (secondary N) is 1. The van der Waals surface area contributed by atoms with Gasteiger partial charge in [0.15, 0.2) is 0 Å². The van der Waals surface area contributed by atoms with Crippen molar-refractivity contribution in [2.75, 3.05) is 13.2 Å². The minimum Gasteiger partial charge on any atom is -0.464 e. The lowest BCUT2D eigenvalue weighted by molar-refractivity contribution is -0.147. The van der Waals surface area contributed by atoms with Gasteiger partial charge in [-0.05, 0) is 19.3 Å². The van der Waals surface area contributed by atoms with E-state index < -0.39 is 12.1 Å². The van der Waals surface area contributed by atoms with Crippen LogP contribution in [0.2, 0.25) is 0 Å². The lowest BCUT2D eigenvalue weighted by Gasteiger charge is -2.22. The van der Waals surface area contributed by atoms with Crippen molar-refractivity contribution in [3.8, 4) is 0 Å². The minimum absolute atomic E-state index is 0.0167. The zero-order valence-electron chi connectivity index (χ0n) is 12.5. The van der Waals surface area contributed by atoms with E-state index in [4.69, 9.17) is 9.47 Å². The van der Waals surface area contributed by atoms with Crippen molar-refractivity contribution < 1.29 is 19.1 Å². The van der Waals surface area contributed by atoms with Crippen LogP contribution in [-0.4, -0.2) is 31.3 Å². The fourth-order valence-corrected chi connectivity index (χ4v) is 1.58. The van der Waals surface area contributed by atoms with Crippen LogP contribution >= 0.6 is 0 Å². The summed E-state index contributed by atoms with van der Waals surface area (Å²) in [4.78, 5) is 23.4. The van der Waals surface area contributed by atoms with E-state index in [1.54, 1.807) is 6.92 Å². The van der Waals surface area contributed by atoms with Crippen LogP contribution in [0.3, 0.4) is 0 Å². The van der Waals surface area contributed by atoms with Crippen molar-refractivity contribution in [1.29, 1.82) is 0 Å². The highest BCUT2D eigenvalue weighted by Gasteiger charge is 2.27. The normalized spacial score (nSPS) is 13.5. The SMILES string of the molecule is CCCCCOC(=O)C(NC(=O)OCC)C(C)CC. The summed E-state index contributed by atoms with van der Waals surface area (Å²) in [7, 11) is 0. The summed E-state index contributed by atoms with van der Waals surface area (Å²) in [5.41, 5.74) is 0. The second-order valence-electron chi connectivity index (χ2n) is 4.60. The number of esters is 1. The standard InChI is InChI=1S/C14H27NO4/c1-5-8-9-10-19-13(16)12(11(4)6-2)15-14(17)18-7-3/h11-12H,5-10H2,1-4H3,(H,15,17). The molecule has 5 nitrogen and oxygen atoms in total. The molecule has 0 radical (unpaired) electrons. The van der Waals surface area contributed by atoms with E-state index >= 15 is 0 Å². The highest BCUT2D eigenvalue weighted by atomic mass is 16.6. The average Bonchev–Trinajstić information content (AvgIpc) is 2.40. The minimum atomic E-state index is -0.634. The summed E-state index contributed by atoms with van der Waals surface area (Å²) in [6.45, 7) is 8.38. The maximum absolute atomic E-state index is 12.0. The summed E-state index contributed by atoms with van der Waals surface area (Å²) in [5, 5.41) is 2.57. The molecule has 0 aliphatic heterocycles. The van der Waals surface area contributed by atoms with Crippen molar-refractivity contribution in [3.05, 3.63) is 0 Å². The van der Waals surface area contributed by atoms with Crippen molar-refractivity contribution in [2.45, 2.75) is 59.4 Å². The molecule has 0 saturated carbocycles. The third kappa shape index (κ3) is 7.70. The summed E-state index contributed by atoms with van der Waals surface area (Å²) < 4.78 is 10.0. The third-order valence-corrected chi connectivity index (χ3v) is 3.01. The molecule has 0 aromatic carbocycles. The van der Waals surface area contributed by atoms with Gasteiger partial charge >= 0.3 is 12.1 Å². The number of carbonyl (C=O) groups is 2. The van der Waals surface area contributed by atoms with Crippen LogP contribution < -0.4 is 5.32 Å². The maximum atomic E-state index is 12.0. The molecule has 2 atom stereocenters. The lowest BCUT2D eigenvalue weighted by Crippen LogP contribution is -2.46. The lowest BCUT2D eigenvalue weighted by atomic mass is 9.99. The van der Waals surface area contributed by atoms with Crippen LogP contribution in [0.25, 0.3) is 0 Å². The van der Waals surface area contributed by atoms with E-state index in [2.05, 4.69) is 12.2 Å². The predicted molar refractivity (Wildman–Crippen MR) is 73.9 cm³/mol. The number of unbranched alkanes of at least 4 members (excludes halogenated alkanes) is 2. The van der Waals surface area contributed by atoms with Gasteiger partial charge in [-0.25, -0.2) is 9.59 Å². The van der Waals surface area contributed by atoms with Crippen LogP contribution in [0.4, 0.5) is 4.79 Å². The Labute approximate surface area is 116 Å². The smallest absolute Gasteiger partial charge is 0.407 e. The van der Waals surface area contributed by atoms with Gasteiger partial charge < -0.3 is 14.8 Å². The molecule has 112 valence electrons. The molecule has 19 heavy (non-hydrogen) atoms. The molecule has 5 heteroatoms. The first-order valence-corrected chi connectivity index (χ1v) is 7.16. The van der Waals surface area contributed by atoms with Gasteiger partial charge in [0.2, 0.25) is 0 Å². The van der Waals surface area contributed by atoms with Crippen LogP contribution in [0.15, 0.2) is 0 Å². The van der Waals surface area contributed by atoms with Crippen LogP contribution in [-0.2, 0) is 14.3 Å². The van der Waals surface area contributed by atoms with Crippen LogP contribution in [0, 0.1) is 5.92 Å². The number of rotatable bonds is 9. The molecule has 0 saturated heterocycles. The van der Waals surface area contributed by atoms with Gasteiger partial charge in [0.05, 0.1) is 13.2 Å². The molecule has 0 spiro atoms. The van der Waals surface area contributed by atoms with Crippen molar-refractivity contribution in [2.24, 2.45) is 5.92 Å². The Morgan fingerprint density at radius 2 is 1.79 bits per heavy atom. The Bertz CT molecular complexity index is 268. The number of hydrogen-bond acceptors (Lipinski definition) is 4. The number of hydrogen-bond donors (Lipinski definition) is 1. The van der Waals surface area contributed by atoms with Crippen LogP contribution in [0.5, 0.6) is 0 Å². The highest BCUT2D eigenvalue weighted by Crippen LogP contribution is 2.10. The fourth-order valence-electron chi connectivity index (χ4n) is 1.58. The van der Waals surface area contributed by atoms with Gasteiger partial charge in [-0.15, -0.1) is 0 Å². The second-order valence-corrected chi connectivity index (χ2v) is 4.60. The number of ether oxygens (including phenoxy) is 2. The first kappa shape index (κ1) is 17.7. The largest absolute Gasteiger partial charge is 0.464 e. The number of alkyl carbamates (subject to hydrolysis) is 1. The van der Waals surface area contributed by atoms with Gasteiger partial charge in [0.25, 0.3) is 0 Å². The van der Waals surface area contributed by atoms with E-state index in [0.29, 0.717) is 6.61 Å². The number of amides is 1. The van der Waals surface area contributed by atoms with Crippen molar-refractivity contribution >= 4 is 12.1 Å². The Kier molecular flexibility index (Phi) is 9.94. The molecular formula is C14H27NO4. The molecule has 2 unspecified atom stereocenters. The molecule has 0 aromatic heterocycles. The first-order valence-electron chi connectivity index (χ1n) is 7.16. The van der Waals surface area contributed by atoms with E-state index in [-0.39, 0.29) is 18.5 Å². The fraction of sp³-hybridized carbons (Fsp3) is 0.857. The summed E-state index contributed by atoms with van der Waals surface area (Å²) in [6.07, 6.45) is 3.18. The maximum Gasteiger partial charge on any atom is 0.407 e. The Morgan fingerprint density at radius 3 is 2.32 bits per heavy atom. The molecule has 0 heterocycles. The predicted octanol–water partition coefficient (Wildman–Crippen LogP) is 2.88. The molecule has 0 bridgehead atoms. The zero-order valence-corrected chi connectivity index (χ0v) is 12.5. The highest BCUT2D eigenvalue weighted by molar-refractivity contribution is 5.81. The van der Waals surface area contributed by atoms with Gasteiger partial charge in [-0.3, -0.25) is 0 Å². The molecule has 1 amide bonds. The second kappa shape index (κ2) is 10.6. The van der Waals surface area contributed by atoms with Crippen molar-refractivity contribution in [3.63, 3.8) is 0 Å². The first-order chi connectivity index (χ1) is 9.06. The molecule has 1 N–H and O–H groups in total. The number of carbonyl (C=O) groups excluding carboxylic acids is 2. The molecule has 0 rings (SSSR count). The summed E-state index contributed by atoms with van der Waals surface area (Å²) in [6, 6.07) is -0.634. The van der Waals surface area contributed by atoms with Gasteiger partial charge in [-0.2, -0.15) is 0 Å². The third-order valence-electron chi connectivity index (χ3n) is 3.01. The van der Waals surface area contributed by atoms with Gasteiger partial charge in [-0.1, -0.05) is 40.0 Å². The van der Waals surface area contributed by atoms with E-state index in [1.165, 1.54) is 0 Å². The van der Waals surface area contributed by atoms with E-state index in [0.717, 1.165) is 25.7 Å². The molecular weight excluding hydrogens is 246 g/mol. The average molecular weight is 273 g/mol. The Morgan fingerprint density at radius 1 is 1.11 bits per heavy atom. The molecule has 0 aliphatic rings. The van der Waals surface area contributed by atoms with Gasteiger partial charge in [0, 0.05) is 0 Å². The Balaban J connectivity index is 4.31. The molecule has 0 aromatic rings. The molecule has 0 aliphatic carbocycles. The summed E-state index contributed by atoms with van der Waals surface area (Å²) >= 11 is 0. The quantitative estimate of drug-likeness (QED) is 0.518. The zero-order chi connectivity index (χ0) is 14.7. The molecule has 0 fully saturated rings. The van der Waals surface area contributed by atoms with Crippen LogP contribution in [0.1, 0.15) is 53.4 Å². The van der Waals surface area contributed by atoms with Crippen molar-refractivity contribution in [1.82, 2.24) is 5.32 Å². The van der Waals surface area contributed by atoms with E-state index in [9.17, 15) is 9.59 Å². The van der Waals surface area contributed by atoms with Gasteiger partial charge in [0.1, 0.15) is 6.04 Å². The monoisotopic (exact) mass is 273 g/mol.